The Labute approximate surface area is 129 Å². The number of carboxylic acid groups (broad SMARTS) is 1. The zero-order valence-corrected chi connectivity index (χ0v) is 12.8. The Morgan fingerprint density at radius 3 is 2.64 bits per heavy atom. The van der Waals surface area contributed by atoms with E-state index >= 15 is 0 Å². The van der Waals surface area contributed by atoms with Crippen LogP contribution in [0.4, 0.5) is 4.39 Å². The Hall–Kier alpha value is -1.91. The minimum atomic E-state index is -1.09. The third-order valence-corrected chi connectivity index (χ3v) is 4.43. The predicted molar refractivity (Wildman–Crippen MR) is 80.9 cm³/mol. The van der Waals surface area contributed by atoms with Crippen LogP contribution in [0.25, 0.3) is 0 Å². The van der Waals surface area contributed by atoms with E-state index < -0.39 is 11.5 Å². The fourth-order valence-electron chi connectivity index (χ4n) is 2.94. The Morgan fingerprint density at radius 1 is 1.36 bits per heavy atom. The number of nitrogens with one attached hydrogen (secondary N) is 1. The van der Waals surface area contributed by atoms with E-state index in [2.05, 4.69) is 5.32 Å². The average molecular weight is 307 g/mol. The predicted octanol–water partition coefficient (Wildman–Crippen LogP) is 2.91. The summed E-state index contributed by atoms with van der Waals surface area (Å²) < 4.78 is 13.1. The highest BCUT2D eigenvalue weighted by atomic mass is 19.1. The van der Waals surface area contributed by atoms with Gasteiger partial charge < -0.3 is 10.4 Å². The van der Waals surface area contributed by atoms with Crippen molar-refractivity contribution in [2.75, 3.05) is 0 Å². The normalized spacial score (nSPS) is 17.9. The second-order valence-corrected chi connectivity index (χ2v) is 6.15. The van der Waals surface area contributed by atoms with E-state index in [1.807, 2.05) is 6.07 Å². The van der Waals surface area contributed by atoms with E-state index in [4.69, 9.17) is 0 Å². The van der Waals surface area contributed by atoms with Gasteiger partial charge in [-0.3, -0.25) is 4.79 Å². The summed E-state index contributed by atoms with van der Waals surface area (Å²) >= 11 is 0. The van der Waals surface area contributed by atoms with Crippen LogP contribution in [0.3, 0.4) is 0 Å². The van der Waals surface area contributed by atoms with Crippen molar-refractivity contribution in [3.05, 3.63) is 35.6 Å². The number of carbonyl (C=O) groups is 2. The first-order valence-corrected chi connectivity index (χ1v) is 7.73. The zero-order valence-electron chi connectivity index (χ0n) is 12.8. The van der Waals surface area contributed by atoms with Crippen LogP contribution in [-0.2, 0) is 16.0 Å². The summed E-state index contributed by atoms with van der Waals surface area (Å²) in [4.78, 5) is 23.7. The van der Waals surface area contributed by atoms with E-state index in [9.17, 15) is 19.1 Å². The van der Waals surface area contributed by atoms with Crippen LogP contribution < -0.4 is 5.32 Å². The third-order valence-electron chi connectivity index (χ3n) is 4.43. The number of benzene rings is 1. The minimum absolute atomic E-state index is 0.235. The van der Waals surface area contributed by atoms with Gasteiger partial charge in [-0.1, -0.05) is 31.9 Å². The monoisotopic (exact) mass is 307 g/mol. The first kappa shape index (κ1) is 16.5. The number of carbonyl (C=O) groups excluding carboxylic acids is 1. The molecule has 1 fully saturated rings. The van der Waals surface area contributed by atoms with Gasteiger partial charge in [-0.2, -0.15) is 0 Å². The van der Waals surface area contributed by atoms with Gasteiger partial charge in [0.15, 0.2) is 0 Å². The lowest BCUT2D eigenvalue weighted by Gasteiger charge is -2.27. The zero-order chi connectivity index (χ0) is 16.2. The summed E-state index contributed by atoms with van der Waals surface area (Å²) in [7, 11) is 0. The second kappa shape index (κ2) is 6.90. The number of halogens is 1. The van der Waals surface area contributed by atoms with Gasteiger partial charge >= 0.3 is 5.97 Å². The van der Waals surface area contributed by atoms with Gasteiger partial charge in [0, 0.05) is 5.92 Å². The molecule has 4 nitrogen and oxygen atoms in total. The molecule has 0 aromatic heterocycles. The van der Waals surface area contributed by atoms with Crippen molar-refractivity contribution in [1.29, 1.82) is 0 Å². The van der Waals surface area contributed by atoms with Gasteiger partial charge in [-0.15, -0.1) is 0 Å². The molecule has 2 N–H and O–H groups in total. The maximum atomic E-state index is 13.1. The highest BCUT2D eigenvalue weighted by Crippen LogP contribution is 2.30. The van der Waals surface area contributed by atoms with Gasteiger partial charge in [0.25, 0.3) is 0 Å². The van der Waals surface area contributed by atoms with Crippen molar-refractivity contribution in [2.24, 2.45) is 5.92 Å². The SMILES string of the molecule is CC(CCc1cccc(F)c1)C(=O)NC1(C(=O)O)CCCC1. The van der Waals surface area contributed by atoms with Gasteiger partial charge in [-0.05, 0) is 43.4 Å². The maximum absolute atomic E-state index is 13.1. The molecular formula is C17H22FNO3. The lowest BCUT2D eigenvalue weighted by Crippen LogP contribution is -2.53. The summed E-state index contributed by atoms with van der Waals surface area (Å²) in [6, 6.07) is 6.31. The van der Waals surface area contributed by atoms with Gasteiger partial charge in [0.05, 0.1) is 0 Å². The van der Waals surface area contributed by atoms with Crippen LogP contribution >= 0.6 is 0 Å². The van der Waals surface area contributed by atoms with E-state index in [0.717, 1.165) is 18.4 Å². The number of rotatable bonds is 6. The van der Waals surface area contributed by atoms with Crippen LogP contribution in [0.1, 0.15) is 44.6 Å². The fourth-order valence-corrected chi connectivity index (χ4v) is 2.94. The molecule has 1 unspecified atom stereocenters. The molecule has 5 heteroatoms. The van der Waals surface area contributed by atoms with Crippen molar-refractivity contribution >= 4 is 11.9 Å². The fraction of sp³-hybridized carbons (Fsp3) is 0.529. The van der Waals surface area contributed by atoms with E-state index in [1.165, 1.54) is 12.1 Å². The van der Waals surface area contributed by atoms with Crippen LogP contribution in [-0.4, -0.2) is 22.5 Å². The van der Waals surface area contributed by atoms with Crippen LogP contribution in [0, 0.1) is 11.7 Å². The van der Waals surface area contributed by atoms with E-state index in [-0.39, 0.29) is 17.6 Å². The van der Waals surface area contributed by atoms with Gasteiger partial charge in [-0.25, -0.2) is 9.18 Å². The summed E-state index contributed by atoms with van der Waals surface area (Å²) in [5, 5.41) is 12.1. The van der Waals surface area contributed by atoms with Gasteiger partial charge in [0.1, 0.15) is 11.4 Å². The van der Waals surface area contributed by atoms with Crippen molar-refractivity contribution in [3.8, 4) is 0 Å². The minimum Gasteiger partial charge on any atom is -0.480 e. The number of amides is 1. The molecule has 22 heavy (non-hydrogen) atoms. The molecule has 0 aliphatic heterocycles. The summed E-state index contributed by atoms with van der Waals surface area (Å²) in [6.45, 7) is 1.78. The Bertz CT molecular complexity index is 553. The smallest absolute Gasteiger partial charge is 0.329 e. The Balaban J connectivity index is 1.90. The number of hydrogen-bond donors (Lipinski definition) is 2. The first-order valence-electron chi connectivity index (χ1n) is 7.73. The lowest BCUT2D eigenvalue weighted by atomic mass is 9.94. The molecule has 1 atom stereocenters. The molecule has 0 heterocycles. The van der Waals surface area contributed by atoms with Gasteiger partial charge in [0.2, 0.25) is 5.91 Å². The number of aryl methyl sites for hydroxylation is 1. The summed E-state index contributed by atoms with van der Waals surface area (Å²) in [5.41, 5.74) is -0.252. The topological polar surface area (TPSA) is 66.4 Å². The number of hydrogen-bond acceptors (Lipinski definition) is 2. The third kappa shape index (κ3) is 3.84. The van der Waals surface area contributed by atoms with Crippen molar-refractivity contribution < 1.29 is 19.1 Å². The van der Waals surface area contributed by atoms with E-state index in [0.29, 0.717) is 25.7 Å². The molecule has 1 aromatic carbocycles. The van der Waals surface area contributed by atoms with Crippen LogP contribution in [0.15, 0.2) is 24.3 Å². The van der Waals surface area contributed by atoms with Crippen LogP contribution in [0.5, 0.6) is 0 Å². The Morgan fingerprint density at radius 2 is 2.05 bits per heavy atom. The molecule has 0 saturated heterocycles. The summed E-state index contributed by atoms with van der Waals surface area (Å²) in [6.07, 6.45) is 3.78. The standard InChI is InChI=1S/C17H22FNO3/c1-12(7-8-13-5-4-6-14(18)11-13)15(20)19-17(16(21)22)9-2-3-10-17/h4-6,11-12H,2-3,7-10H2,1H3,(H,19,20)(H,21,22). The molecule has 0 radical (unpaired) electrons. The molecule has 1 aliphatic carbocycles. The van der Waals surface area contributed by atoms with E-state index in [1.54, 1.807) is 13.0 Å². The van der Waals surface area contributed by atoms with Crippen molar-refractivity contribution in [3.63, 3.8) is 0 Å². The Kier molecular flexibility index (Phi) is 5.16. The lowest BCUT2D eigenvalue weighted by molar-refractivity contribution is -0.148. The maximum Gasteiger partial charge on any atom is 0.329 e. The average Bonchev–Trinajstić information content (AvgIpc) is 2.94. The first-order chi connectivity index (χ1) is 10.4. The molecular weight excluding hydrogens is 285 g/mol. The molecule has 0 spiro atoms. The summed E-state index contributed by atoms with van der Waals surface area (Å²) in [5.74, 6) is -1.78. The molecule has 1 saturated carbocycles. The quantitative estimate of drug-likeness (QED) is 0.849. The van der Waals surface area contributed by atoms with Crippen molar-refractivity contribution in [2.45, 2.75) is 51.0 Å². The molecule has 1 aromatic rings. The molecule has 120 valence electrons. The molecule has 2 rings (SSSR count). The number of aliphatic carboxylic acids is 1. The second-order valence-electron chi connectivity index (χ2n) is 6.15. The van der Waals surface area contributed by atoms with Crippen LogP contribution in [0.2, 0.25) is 0 Å². The number of carboxylic acids is 1. The molecule has 0 bridgehead atoms. The highest BCUT2D eigenvalue weighted by Gasteiger charge is 2.43. The largest absolute Gasteiger partial charge is 0.480 e. The molecule has 1 aliphatic rings. The molecule has 1 amide bonds. The highest BCUT2D eigenvalue weighted by molar-refractivity contribution is 5.88. The van der Waals surface area contributed by atoms with Crippen molar-refractivity contribution in [1.82, 2.24) is 5.32 Å².